The predicted octanol–water partition coefficient (Wildman–Crippen LogP) is 2.60. The second-order valence-corrected chi connectivity index (χ2v) is 1.37. The van der Waals surface area contributed by atoms with Crippen molar-refractivity contribution in [3.05, 3.63) is 12.1 Å². The second kappa shape index (κ2) is 3.49. The standard InChI is InChI=1S/C4H2F6O/c5-2(3(6)7)1-11-4(8,9)10/h1,3H/b2-1-. The average molecular weight is 180 g/mol. The van der Waals surface area contributed by atoms with Crippen LogP contribution in [0.4, 0.5) is 26.3 Å². The Morgan fingerprint density at radius 3 is 2.00 bits per heavy atom. The van der Waals surface area contributed by atoms with E-state index in [1.807, 2.05) is 0 Å². The van der Waals surface area contributed by atoms with E-state index in [4.69, 9.17) is 0 Å². The maximum Gasteiger partial charge on any atom is 0.572 e. The SMILES string of the molecule is F/C(=C\OC(F)(F)F)C(F)F. The quantitative estimate of drug-likeness (QED) is 0.468. The number of allylic oxidation sites excluding steroid dienone is 1. The monoisotopic (exact) mass is 180 g/mol. The third-order valence-corrected chi connectivity index (χ3v) is 0.514. The van der Waals surface area contributed by atoms with Crippen LogP contribution in [0.3, 0.4) is 0 Å². The smallest absolute Gasteiger partial charge is 0.411 e. The van der Waals surface area contributed by atoms with E-state index in [1.165, 1.54) is 0 Å². The van der Waals surface area contributed by atoms with E-state index in [2.05, 4.69) is 4.74 Å². The summed E-state index contributed by atoms with van der Waals surface area (Å²) in [7, 11) is 0. The zero-order valence-corrected chi connectivity index (χ0v) is 4.83. The van der Waals surface area contributed by atoms with Gasteiger partial charge in [-0.1, -0.05) is 0 Å². The first-order valence-electron chi connectivity index (χ1n) is 2.21. The molecule has 0 unspecified atom stereocenters. The van der Waals surface area contributed by atoms with Gasteiger partial charge in [-0.3, -0.25) is 0 Å². The maximum atomic E-state index is 11.5. The van der Waals surface area contributed by atoms with Gasteiger partial charge in [-0.15, -0.1) is 13.2 Å². The minimum Gasteiger partial charge on any atom is -0.411 e. The number of rotatable bonds is 2. The molecular formula is C4H2F6O. The van der Waals surface area contributed by atoms with E-state index >= 15 is 0 Å². The normalized spacial score (nSPS) is 13.9. The van der Waals surface area contributed by atoms with E-state index in [1.54, 1.807) is 0 Å². The van der Waals surface area contributed by atoms with Crippen molar-refractivity contribution in [3.8, 4) is 0 Å². The van der Waals surface area contributed by atoms with E-state index in [-0.39, 0.29) is 0 Å². The van der Waals surface area contributed by atoms with Crippen molar-refractivity contribution in [2.24, 2.45) is 0 Å². The molecule has 7 heteroatoms. The summed E-state index contributed by atoms with van der Waals surface area (Å²) in [4.78, 5) is 0. The molecule has 0 aromatic rings. The van der Waals surface area contributed by atoms with E-state index < -0.39 is 24.9 Å². The zero-order chi connectivity index (χ0) is 9.07. The second-order valence-electron chi connectivity index (χ2n) is 1.37. The summed E-state index contributed by atoms with van der Waals surface area (Å²) in [6.07, 6.45) is -9.39. The summed E-state index contributed by atoms with van der Waals surface area (Å²) >= 11 is 0. The third-order valence-electron chi connectivity index (χ3n) is 0.514. The lowest BCUT2D eigenvalue weighted by molar-refractivity contribution is -0.299. The van der Waals surface area contributed by atoms with Crippen LogP contribution < -0.4 is 0 Å². The topological polar surface area (TPSA) is 9.23 Å². The van der Waals surface area contributed by atoms with Crippen LogP contribution in [0.1, 0.15) is 0 Å². The van der Waals surface area contributed by atoms with Crippen LogP contribution in [0.15, 0.2) is 12.1 Å². The van der Waals surface area contributed by atoms with E-state index in [0.29, 0.717) is 0 Å². The molecule has 1 nitrogen and oxygen atoms in total. The number of hydrogen-bond donors (Lipinski definition) is 0. The molecule has 0 saturated heterocycles. The van der Waals surface area contributed by atoms with Crippen molar-refractivity contribution >= 4 is 0 Å². The Labute approximate surface area is 57.3 Å². The Morgan fingerprint density at radius 2 is 1.73 bits per heavy atom. The molecule has 0 N–H and O–H groups in total. The Balaban J connectivity index is 3.93. The lowest BCUT2D eigenvalue weighted by Gasteiger charge is -2.03. The van der Waals surface area contributed by atoms with Gasteiger partial charge in [0.2, 0.25) is 5.83 Å². The fourth-order valence-corrected chi connectivity index (χ4v) is 0.175. The van der Waals surface area contributed by atoms with Crippen LogP contribution in [-0.4, -0.2) is 12.8 Å². The molecule has 0 aromatic heterocycles. The molecule has 0 atom stereocenters. The Hall–Kier alpha value is -0.880. The summed E-state index contributed by atoms with van der Waals surface area (Å²) in [6, 6.07) is 0. The van der Waals surface area contributed by atoms with Crippen molar-refractivity contribution in [2.75, 3.05) is 0 Å². The fourth-order valence-electron chi connectivity index (χ4n) is 0.175. The Bertz CT molecular complexity index is 147. The van der Waals surface area contributed by atoms with Gasteiger partial charge >= 0.3 is 6.36 Å². The van der Waals surface area contributed by atoms with Crippen LogP contribution in [0.5, 0.6) is 0 Å². The summed E-state index contributed by atoms with van der Waals surface area (Å²) in [5.74, 6) is -2.26. The first-order valence-corrected chi connectivity index (χ1v) is 2.21. The summed E-state index contributed by atoms with van der Waals surface area (Å²) in [5.41, 5.74) is 0. The highest BCUT2D eigenvalue weighted by Crippen LogP contribution is 2.19. The predicted molar refractivity (Wildman–Crippen MR) is 22.3 cm³/mol. The van der Waals surface area contributed by atoms with Gasteiger partial charge in [-0.2, -0.15) is 0 Å². The van der Waals surface area contributed by atoms with E-state index in [0.717, 1.165) is 0 Å². The first-order chi connectivity index (χ1) is 4.83. The van der Waals surface area contributed by atoms with Crippen molar-refractivity contribution in [1.29, 1.82) is 0 Å². The Morgan fingerprint density at radius 1 is 1.27 bits per heavy atom. The molecule has 0 aromatic carbocycles. The van der Waals surface area contributed by atoms with E-state index in [9.17, 15) is 26.3 Å². The van der Waals surface area contributed by atoms with Crippen LogP contribution in [0.2, 0.25) is 0 Å². The summed E-state index contributed by atoms with van der Waals surface area (Å²) in [5, 5.41) is 0. The van der Waals surface area contributed by atoms with Gasteiger partial charge in [0.15, 0.2) is 0 Å². The van der Waals surface area contributed by atoms with Crippen LogP contribution in [0.25, 0.3) is 0 Å². The van der Waals surface area contributed by atoms with Gasteiger partial charge in [0, 0.05) is 0 Å². The summed E-state index contributed by atoms with van der Waals surface area (Å²) < 4.78 is 69.4. The number of alkyl halides is 5. The molecule has 0 bridgehead atoms. The van der Waals surface area contributed by atoms with Crippen molar-refractivity contribution < 1.29 is 31.1 Å². The highest BCUT2D eigenvalue weighted by molar-refractivity contribution is 4.88. The highest BCUT2D eigenvalue weighted by atomic mass is 19.4. The molecule has 0 fully saturated rings. The van der Waals surface area contributed by atoms with Crippen LogP contribution in [0, 0.1) is 0 Å². The largest absolute Gasteiger partial charge is 0.572 e. The summed E-state index contributed by atoms with van der Waals surface area (Å²) in [6.45, 7) is 0. The van der Waals surface area contributed by atoms with Gasteiger partial charge in [-0.05, 0) is 0 Å². The number of halogens is 6. The maximum absolute atomic E-state index is 11.5. The van der Waals surface area contributed by atoms with Gasteiger partial charge in [0.1, 0.15) is 6.26 Å². The van der Waals surface area contributed by atoms with Crippen molar-refractivity contribution in [2.45, 2.75) is 12.8 Å². The average Bonchev–Trinajstić information content (AvgIpc) is 1.80. The zero-order valence-electron chi connectivity index (χ0n) is 4.83. The highest BCUT2D eigenvalue weighted by Gasteiger charge is 2.30. The lowest BCUT2D eigenvalue weighted by atomic mass is 10.6. The number of ether oxygens (including phenoxy) is 1. The minimum absolute atomic E-state index is 0.676. The molecule has 0 radical (unpaired) electrons. The molecule has 0 amide bonds. The molecular weight excluding hydrogens is 178 g/mol. The van der Waals surface area contributed by atoms with Gasteiger partial charge < -0.3 is 4.74 Å². The molecule has 0 aliphatic rings. The lowest BCUT2D eigenvalue weighted by Crippen LogP contribution is -2.09. The molecule has 0 spiro atoms. The van der Waals surface area contributed by atoms with Crippen LogP contribution in [-0.2, 0) is 4.74 Å². The van der Waals surface area contributed by atoms with Gasteiger partial charge in [0.05, 0.1) is 0 Å². The number of hydrogen-bond acceptors (Lipinski definition) is 1. The minimum atomic E-state index is -5.13. The molecule has 0 aliphatic heterocycles. The van der Waals surface area contributed by atoms with Crippen molar-refractivity contribution in [3.63, 3.8) is 0 Å². The van der Waals surface area contributed by atoms with Crippen molar-refractivity contribution in [1.82, 2.24) is 0 Å². The molecule has 0 saturated carbocycles. The molecule has 0 rings (SSSR count). The van der Waals surface area contributed by atoms with Gasteiger partial charge in [0.25, 0.3) is 6.43 Å². The molecule has 11 heavy (non-hydrogen) atoms. The fraction of sp³-hybridized carbons (Fsp3) is 0.500. The van der Waals surface area contributed by atoms with Crippen LogP contribution >= 0.6 is 0 Å². The Kier molecular flexibility index (Phi) is 3.21. The molecule has 66 valence electrons. The first kappa shape index (κ1) is 10.1. The molecule has 0 aliphatic carbocycles. The third kappa shape index (κ3) is 5.56. The molecule has 0 heterocycles. The van der Waals surface area contributed by atoms with Gasteiger partial charge in [-0.25, -0.2) is 13.2 Å².